The molecule has 5 heteroatoms. The molecule has 0 radical (unpaired) electrons. The van der Waals surface area contributed by atoms with Crippen LogP contribution in [0.1, 0.15) is 0 Å². The molecular weight excluding hydrogens is 647 g/mol. The number of benzene rings is 7. The Bertz CT molecular complexity index is 2870. The molecule has 0 aliphatic heterocycles. The first kappa shape index (κ1) is 29.0. The lowest BCUT2D eigenvalue weighted by Crippen LogP contribution is -2.00. The number of thiophene rings is 2. The summed E-state index contributed by atoms with van der Waals surface area (Å²) in [7, 11) is 0. The molecule has 0 fully saturated rings. The van der Waals surface area contributed by atoms with Crippen molar-refractivity contribution in [2.45, 2.75) is 0 Å². The quantitative estimate of drug-likeness (QED) is 0.182. The summed E-state index contributed by atoms with van der Waals surface area (Å²) in [5.41, 5.74) is 7.61. The van der Waals surface area contributed by atoms with Crippen LogP contribution in [0, 0.1) is 0 Å². The fourth-order valence-electron chi connectivity index (χ4n) is 6.87. The zero-order valence-corrected chi connectivity index (χ0v) is 28.4. The number of aromatic nitrogens is 3. The van der Waals surface area contributed by atoms with Crippen LogP contribution in [0.3, 0.4) is 0 Å². The predicted molar refractivity (Wildman–Crippen MR) is 213 cm³/mol. The number of fused-ring (bicyclic) bond motifs is 6. The summed E-state index contributed by atoms with van der Waals surface area (Å²) in [5, 5.41) is 5.01. The monoisotopic (exact) mass is 673 g/mol. The van der Waals surface area contributed by atoms with Gasteiger partial charge in [-0.05, 0) is 52.6 Å². The molecule has 3 nitrogen and oxygen atoms in total. The van der Waals surface area contributed by atoms with Crippen molar-refractivity contribution in [3.05, 3.63) is 164 Å². The van der Waals surface area contributed by atoms with Gasteiger partial charge >= 0.3 is 0 Å². The van der Waals surface area contributed by atoms with Crippen molar-refractivity contribution in [2.24, 2.45) is 0 Å². The molecule has 0 atom stereocenters. The highest BCUT2D eigenvalue weighted by atomic mass is 32.1. The van der Waals surface area contributed by atoms with E-state index in [-0.39, 0.29) is 0 Å². The third-order valence-electron chi connectivity index (χ3n) is 9.36. The number of rotatable bonds is 5. The van der Waals surface area contributed by atoms with Gasteiger partial charge in [-0.2, -0.15) is 0 Å². The normalized spacial score (nSPS) is 11.6. The van der Waals surface area contributed by atoms with Crippen LogP contribution in [0.25, 0.3) is 96.8 Å². The Kier molecular flexibility index (Phi) is 6.86. The molecule has 0 N–H and O–H groups in total. The summed E-state index contributed by atoms with van der Waals surface area (Å²) >= 11 is 3.60. The molecule has 10 rings (SSSR count). The Balaban J connectivity index is 1.13. The SMILES string of the molecule is c1ccc(-c2ccc(-c3cccc(-c4nc(-c5ccc6c(c5)sc5ccccc56)nc(-c5cccc6c5sc5ccccc56)n4)c3)cc2)cc1. The molecule has 10 aromatic rings. The zero-order chi connectivity index (χ0) is 33.0. The van der Waals surface area contributed by atoms with E-state index in [4.69, 9.17) is 15.0 Å². The summed E-state index contributed by atoms with van der Waals surface area (Å²) in [6, 6.07) is 58.0. The van der Waals surface area contributed by atoms with E-state index in [2.05, 4.69) is 158 Å². The van der Waals surface area contributed by atoms with Crippen LogP contribution < -0.4 is 0 Å². The van der Waals surface area contributed by atoms with Gasteiger partial charge in [-0.1, -0.05) is 133 Å². The Hall–Kier alpha value is -6.01. The van der Waals surface area contributed by atoms with Gasteiger partial charge in [0.05, 0.1) is 0 Å². The fourth-order valence-corrected chi connectivity index (χ4v) is 9.22. The van der Waals surface area contributed by atoms with Crippen LogP contribution in [0.4, 0.5) is 0 Å². The van der Waals surface area contributed by atoms with Crippen molar-refractivity contribution < 1.29 is 0 Å². The lowest BCUT2D eigenvalue weighted by Gasteiger charge is -2.11. The van der Waals surface area contributed by atoms with Crippen molar-refractivity contribution in [2.75, 3.05) is 0 Å². The van der Waals surface area contributed by atoms with Gasteiger partial charge < -0.3 is 0 Å². The van der Waals surface area contributed by atoms with Gasteiger partial charge in [0.15, 0.2) is 17.5 Å². The molecule has 3 aromatic heterocycles. The van der Waals surface area contributed by atoms with E-state index < -0.39 is 0 Å². The highest BCUT2D eigenvalue weighted by molar-refractivity contribution is 7.26. The van der Waals surface area contributed by atoms with Crippen molar-refractivity contribution in [1.82, 2.24) is 15.0 Å². The smallest absolute Gasteiger partial charge is 0.165 e. The van der Waals surface area contributed by atoms with Crippen molar-refractivity contribution >= 4 is 63.0 Å². The molecule has 50 heavy (non-hydrogen) atoms. The first-order valence-corrected chi connectivity index (χ1v) is 18.2. The van der Waals surface area contributed by atoms with Gasteiger partial charge in [0, 0.05) is 57.0 Å². The first-order chi connectivity index (χ1) is 24.7. The van der Waals surface area contributed by atoms with E-state index in [1.54, 1.807) is 22.7 Å². The molecule has 0 aliphatic rings. The minimum atomic E-state index is 0.655. The van der Waals surface area contributed by atoms with Crippen LogP contribution in [-0.2, 0) is 0 Å². The summed E-state index contributed by atoms with van der Waals surface area (Å²) in [5.74, 6) is 2.00. The minimum absolute atomic E-state index is 0.655. The molecule has 0 saturated heterocycles. The van der Waals surface area contributed by atoms with E-state index in [9.17, 15) is 0 Å². The second-order valence-electron chi connectivity index (χ2n) is 12.4. The van der Waals surface area contributed by atoms with Gasteiger partial charge in [0.25, 0.3) is 0 Å². The maximum absolute atomic E-state index is 5.19. The maximum atomic E-state index is 5.19. The average Bonchev–Trinajstić information content (AvgIpc) is 3.76. The number of nitrogens with zero attached hydrogens (tertiary/aromatic N) is 3. The largest absolute Gasteiger partial charge is 0.208 e. The van der Waals surface area contributed by atoms with E-state index in [1.807, 2.05) is 6.07 Å². The fraction of sp³-hybridized carbons (Fsp3) is 0. The topological polar surface area (TPSA) is 38.7 Å². The van der Waals surface area contributed by atoms with Crippen LogP contribution >= 0.6 is 22.7 Å². The van der Waals surface area contributed by atoms with Crippen LogP contribution in [0.2, 0.25) is 0 Å². The Labute approximate surface area is 296 Å². The van der Waals surface area contributed by atoms with Crippen LogP contribution in [0.5, 0.6) is 0 Å². The summed E-state index contributed by atoms with van der Waals surface area (Å²) in [6.45, 7) is 0. The van der Waals surface area contributed by atoms with E-state index in [0.29, 0.717) is 17.5 Å². The van der Waals surface area contributed by atoms with Crippen molar-refractivity contribution in [1.29, 1.82) is 0 Å². The molecular formula is C45H27N3S2. The Morgan fingerprint density at radius 2 is 0.800 bits per heavy atom. The van der Waals surface area contributed by atoms with E-state index in [0.717, 1.165) is 27.8 Å². The average molecular weight is 674 g/mol. The van der Waals surface area contributed by atoms with Gasteiger partial charge in [-0.25, -0.2) is 15.0 Å². The second-order valence-corrected chi connectivity index (χ2v) is 14.6. The standard InChI is InChI=1S/C45H27N3S2/c1-2-10-28(11-3-1)29-20-22-30(23-21-29)31-12-8-13-32(26-31)43-46-44(33-24-25-36-34-14-4-6-18-39(34)49-41(36)27-33)48-45(47-43)38-17-9-16-37-35-15-5-7-19-40(35)50-42(37)38/h1-27H. The molecule has 234 valence electrons. The minimum Gasteiger partial charge on any atom is -0.208 e. The third-order valence-corrected chi connectivity index (χ3v) is 11.7. The highest BCUT2D eigenvalue weighted by Gasteiger charge is 2.18. The molecule has 3 heterocycles. The van der Waals surface area contributed by atoms with Crippen molar-refractivity contribution in [3.63, 3.8) is 0 Å². The van der Waals surface area contributed by atoms with Gasteiger partial charge in [-0.15, -0.1) is 22.7 Å². The second kappa shape index (κ2) is 11.8. The molecule has 7 aromatic carbocycles. The van der Waals surface area contributed by atoms with Crippen molar-refractivity contribution in [3.8, 4) is 56.4 Å². The number of hydrogen-bond donors (Lipinski definition) is 0. The molecule has 0 bridgehead atoms. The van der Waals surface area contributed by atoms with Gasteiger partial charge in [0.2, 0.25) is 0 Å². The molecule has 0 spiro atoms. The lowest BCUT2D eigenvalue weighted by atomic mass is 9.99. The molecule has 0 saturated carbocycles. The zero-order valence-electron chi connectivity index (χ0n) is 26.7. The lowest BCUT2D eigenvalue weighted by molar-refractivity contribution is 1.08. The molecule has 0 amide bonds. The van der Waals surface area contributed by atoms with Gasteiger partial charge in [0.1, 0.15) is 0 Å². The van der Waals surface area contributed by atoms with Gasteiger partial charge in [-0.3, -0.25) is 0 Å². The van der Waals surface area contributed by atoms with Crippen LogP contribution in [-0.4, -0.2) is 15.0 Å². The summed E-state index contributed by atoms with van der Waals surface area (Å²) < 4.78 is 4.94. The van der Waals surface area contributed by atoms with E-state index >= 15 is 0 Å². The molecule has 0 aliphatic carbocycles. The van der Waals surface area contributed by atoms with Crippen LogP contribution in [0.15, 0.2) is 164 Å². The predicted octanol–water partition coefficient (Wildman–Crippen LogP) is 12.9. The van der Waals surface area contributed by atoms with E-state index in [1.165, 1.54) is 51.5 Å². The Morgan fingerprint density at radius 3 is 1.58 bits per heavy atom. The maximum Gasteiger partial charge on any atom is 0.165 e. The summed E-state index contributed by atoms with van der Waals surface area (Å²) in [4.78, 5) is 15.5. The Morgan fingerprint density at radius 1 is 0.300 bits per heavy atom. The first-order valence-electron chi connectivity index (χ1n) is 16.6. The highest BCUT2D eigenvalue weighted by Crippen LogP contribution is 2.40. The summed E-state index contributed by atoms with van der Waals surface area (Å²) in [6.07, 6.45) is 0. The molecule has 0 unspecified atom stereocenters. The third kappa shape index (κ3) is 4.98. The number of hydrogen-bond acceptors (Lipinski definition) is 5.